The van der Waals surface area contributed by atoms with Crippen molar-refractivity contribution < 1.29 is 19.1 Å². The predicted molar refractivity (Wildman–Crippen MR) is 148 cm³/mol. The number of thiophene rings is 1. The summed E-state index contributed by atoms with van der Waals surface area (Å²) in [6.07, 6.45) is 8.68. The first-order valence-electron chi connectivity index (χ1n) is 13.7. The molecule has 0 spiro atoms. The summed E-state index contributed by atoms with van der Waals surface area (Å²) in [6.45, 7) is 5.86. The minimum absolute atomic E-state index is 0.0420. The topological polar surface area (TPSA) is 96.5 Å². The van der Waals surface area contributed by atoms with Crippen molar-refractivity contribution in [1.82, 2.24) is 10.6 Å². The third kappa shape index (κ3) is 6.79. The number of hydrogen-bond donors (Lipinski definition) is 3. The molecule has 200 valence electrons. The number of urea groups is 1. The number of nitrogens with one attached hydrogen (secondary N) is 3. The number of amides is 2. The average molecular weight is 526 g/mol. The van der Waals surface area contributed by atoms with Crippen molar-refractivity contribution in [3.63, 3.8) is 0 Å². The highest BCUT2D eigenvalue weighted by Gasteiger charge is 2.33. The Morgan fingerprint density at radius 2 is 1.81 bits per heavy atom. The number of ether oxygens (including phenoxy) is 1. The van der Waals surface area contributed by atoms with Crippen molar-refractivity contribution in [2.75, 3.05) is 25.0 Å². The van der Waals surface area contributed by atoms with Crippen LogP contribution >= 0.6 is 11.3 Å². The summed E-state index contributed by atoms with van der Waals surface area (Å²) in [4.78, 5) is 40.9. The summed E-state index contributed by atoms with van der Waals surface area (Å²) < 4.78 is 5.32. The number of hydrogen-bond acceptors (Lipinski definition) is 6. The van der Waals surface area contributed by atoms with Crippen LogP contribution in [0.2, 0.25) is 0 Å². The van der Waals surface area contributed by atoms with Crippen molar-refractivity contribution in [2.45, 2.75) is 77.7 Å². The van der Waals surface area contributed by atoms with E-state index in [-0.39, 0.29) is 18.3 Å². The zero-order valence-electron chi connectivity index (χ0n) is 22.0. The molecule has 2 heterocycles. The molecule has 0 saturated carbocycles. The van der Waals surface area contributed by atoms with Crippen molar-refractivity contribution in [3.05, 3.63) is 51.4 Å². The molecule has 1 fully saturated rings. The lowest BCUT2D eigenvalue weighted by atomic mass is 9.85. The van der Waals surface area contributed by atoms with Gasteiger partial charge in [0, 0.05) is 10.4 Å². The number of carbonyl (C=O) groups excluding carboxylic acids is 3. The highest BCUT2D eigenvalue weighted by atomic mass is 32.1. The third-order valence-corrected chi connectivity index (χ3v) is 8.57. The molecule has 1 atom stereocenters. The fourth-order valence-electron chi connectivity index (χ4n) is 5.32. The van der Waals surface area contributed by atoms with Crippen LogP contribution < -0.4 is 16.0 Å². The van der Waals surface area contributed by atoms with Gasteiger partial charge in [-0.15, -0.1) is 11.3 Å². The Morgan fingerprint density at radius 3 is 2.51 bits per heavy atom. The summed E-state index contributed by atoms with van der Waals surface area (Å²) in [7, 11) is 0. The Balaban J connectivity index is 1.53. The van der Waals surface area contributed by atoms with E-state index in [0.29, 0.717) is 16.1 Å². The first-order chi connectivity index (χ1) is 18.0. The van der Waals surface area contributed by atoms with E-state index in [4.69, 9.17) is 4.74 Å². The van der Waals surface area contributed by atoms with Gasteiger partial charge in [-0.1, -0.05) is 37.6 Å². The molecule has 1 aromatic carbocycles. The number of aryl methyl sites for hydroxylation is 2. The molecular weight excluding hydrogens is 486 g/mol. The molecular formula is C29H39N3O4S. The van der Waals surface area contributed by atoms with E-state index in [1.807, 2.05) is 24.3 Å². The van der Waals surface area contributed by atoms with Crippen LogP contribution in [0.4, 0.5) is 9.80 Å². The van der Waals surface area contributed by atoms with Gasteiger partial charge in [0.2, 0.25) is 0 Å². The summed E-state index contributed by atoms with van der Waals surface area (Å²) in [5, 5.41) is 9.76. The molecule has 0 bridgehead atoms. The van der Waals surface area contributed by atoms with Crippen LogP contribution in [-0.2, 0) is 24.0 Å². The number of esters is 1. The van der Waals surface area contributed by atoms with Gasteiger partial charge >= 0.3 is 12.0 Å². The number of benzene rings is 1. The first kappa shape index (κ1) is 27.3. The summed E-state index contributed by atoms with van der Waals surface area (Å²) in [5.41, 5.74) is 3.31. The van der Waals surface area contributed by atoms with E-state index >= 15 is 0 Å². The molecule has 3 N–H and O–H groups in total. The quantitative estimate of drug-likeness (QED) is 0.280. The number of rotatable bonds is 10. The number of piperidine rings is 1. The molecule has 7 nitrogen and oxygen atoms in total. The standard InChI is InChI=1S/C29H39N3O4S/c1-3-5-8-19-11-13-21(14-12-19)26(33)25(20-15-17-30-18-16-20)31-29(35)32-27-24(28(34)36-4-2)22-9-6-7-10-23(22)37-27/h11-14,20,25,30H,3-10,15-18H2,1-2H3,(H2,31,32,35). The summed E-state index contributed by atoms with van der Waals surface area (Å²) >= 11 is 1.45. The molecule has 1 aliphatic carbocycles. The normalized spacial score (nSPS) is 16.5. The van der Waals surface area contributed by atoms with Crippen LogP contribution in [0.5, 0.6) is 0 Å². The van der Waals surface area contributed by atoms with Crippen LogP contribution in [0.25, 0.3) is 0 Å². The monoisotopic (exact) mass is 525 g/mol. The average Bonchev–Trinajstić information content (AvgIpc) is 3.29. The van der Waals surface area contributed by atoms with E-state index in [9.17, 15) is 14.4 Å². The van der Waals surface area contributed by atoms with Gasteiger partial charge in [-0.25, -0.2) is 9.59 Å². The molecule has 1 aromatic heterocycles. The molecule has 2 amide bonds. The fourth-order valence-corrected chi connectivity index (χ4v) is 6.60. The largest absolute Gasteiger partial charge is 0.462 e. The van der Waals surface area contributed by atoms with E-state index in [1.165, 1.54) is 16.9 Å². The number of fused-ring (bicyclic) bond motifs is 1. The lowest BCUT2D eigenvalue weighted by Gasteiger charge is -2.30. The van der Waals surface area contributed by atoms with Gasteiger partial charge < -0.3 is 15.4 Å². The SMILES string of the molecule is CCCCc1ccc(C(=O)C(NC(=O)Nc2sc3c(c2C(=O)OCC)CCCC3)C2CCNCC2)cc1. The second kappa shape index (κ2) is 13.2. The van der Waals surface area contributed by atoms with Crippen LogP contribution in [-0.4, -0.2) is 43.5 Å². The van der Waals surface area contributed by atoms with Gasteiger partial charge in [-0.3, -0.25) is 10.1 Å². The molecule has 2 aliphatic rings. The van der Waals surface area contributed by atoms with Crippen molar-refractivity contribution >= 4 is 34.1 Å². The minimum atomic E-state index is -0.635. The first-order valence-corrected chi connectivity index (χ1v) is 14.6. The molecule has 37 heavy (non-hydrogen) atoms. The van der Waals surface area contributed by atoms with E-state index in [1.54, 1.807) is 6.92 Å². The van der Waals surface area contributed by atoms with Crippen molar-refractivity contribution in [1.29, 1.82) is 0 Å². The Bertz CT molecular complexity index is 1090. The Morgan fingerprint density at radius 1 is 1.08 bits per heavy atom. The molecule has 8 heteroatoms. The number of Topliss-reactive ketones (excluding diaryl/α,β-unsaturated/α-hetero) is 1. The third-order valence-electron chi connectivity index (χ3n) is 7.36. The van der Waals surface area contributed by atoms with Gasteiger partial charge in [-0.05, 0) is 88.4 Å². The van der Waals surface area contributed by atoms with Crippen LogP contribution in [0.1, 0.15) is 89.1 Å². The van der Waals surface area contributed by atoms with E-state index in [2.05, 4.69) is 22.9 Å². The van der Waals surface area contributed by atoms with Crippen molar-refractivity contribution in [3.8, 4) is 0 Å². The summed E-state index contributed by atoms with van der Waals surface area (Å²) in [5.74, 6) is -0.424. The summed E-state index contributed by atoms with van der Waals surface area (Å²) in [6, 6.07) is 6.71. The number of carbonyl (C=O) groups is 3. The van der Waals surface area contributed by atoms with Gasteiger partial charge in [0.05, 0.1) is 18.2 Å². The Kier molecular flexibility index (Phi) is 9.75. The van der Waals surface area contributed by atoms with Crippen molar-refractivity contribution in [2.24, 2.45) is 5.92 Å². The van der Waals surface area contributed by atoms with Crippen LogP contribution in [0.3, 0.4) is 0 Å². The maximum absolute atomic E-state index is 13.6. The lowest BCUT2D eigenvalue weighted by Crippen LogP contribution is -2.50. The highest BCUT2D eigenvalue weighted by molar-refractivity contribution is 7.17. The maximum atomic E-state index is 13.6. The second-order valence-corrected chi connectivity index (χ2v) is 11.1. The van der Waals surface area contributed by atoms with Crippen LogP contribution in [0.15, 0.2) is 24.3 Å². The zero-order chi connectivity index (χ0) is 26.2. The van der Waals surface area contributed by atoms with E-state index in [0.717, 1.165) is 81.3 Å². The smallest absolute Gasteiger partial charge is 0.341 e. The Hall–Kier alpha value is -2.71. The van der Waals surface area contributed by atoms with Gasteiger partial charge in [0.15, 0.2) is 5.78 Å². The number of unbranched alkanes of at least 4 members (excludes halogenated alkanes) is 1. The molecule has 0 radical (unpaired) electrons. The Labute approximate surface area is 223 Å². The minimum Gasteiger partial charge on any atom is -0.462 e. The van der Waals surface area contributed by atoms with Gasteiger partial charge in [-0.2, -0.15) is 0 Å². The second-order valence-electron chi connectivity index (χ2n) is 9.96. The van der Waals surface area contributed by atoms with Gasteiger partial charge in [0.25, 0.3) is 0 Å². The van der Waals surface area contributed by atoms with Crippen LogP contribution in [0, 0.1) is 5.92 Å². The molecule has 2 aromatic rings. The van der Waals surface area contributed by atoms with E-state index < -0.39 is 18.0 Å². The number of anilines is 1. The molecule has 1 saturated heterocycles. The fraction of sp³-hybridized carbons (Fsp3) is 0.552. The molecule has 4 rings (SSSR count). The predicted octanol–water partition coefficient (Wildman–Crippen LogP) is 5.52. The highest BCUT2D eigenvalue weighted by Crippen LogP contribution is 2.38. The molecule has 1 unspecified atom stereocenters. The number of ketones is 1. The lowest BCUT2D eigenvalue weighted by molar-refractivity contribution is 0.0526. The molecule has 1 aliphatic heterocycles. The van der Waals surface area contributed by atoms with Gasteiger partial charge in [0.1, 0.15) is 5.00 Å². The maximum Gasteiger partial charge on any atom is 0.341 e. The zero-order valence-corrected chi connectivity index (χ0v) is 22.8.